The molecule has 5 heteroatoms. The second-order valence-corrected chi connectivity index (χ2v) is 7.42. The van der Waals surface area contributed by atoms with E-state index in [0.29, 0.717) is 11.6 Å². The van der Waals surface area contributed by atoms with Gasteiger partial charge in [-0.15, -0.1) is 0 Å². The largest absolute Gasteiger partial charge is 0.497 e. The summed E-state index contributed by atoms with van der Waals surface area (Å²) in [4.78, 5) is 12.0. The van der Waals surface area contributed by atoms with E-state index in [2.05, 4.69) is 10.6 Å². The van der Waals surface area contributed by atoms with Crippen molar-refractivity contribution < 1.29 is 14.3 Å². The van der Waals surface area contributed by atoms with Crippen LogP contribution in [0.4, 0.5) is 16.2 Å². The average Bonchev–Trinajstić information content (AvgIpc) is 2.53. The molecule has 1 amide bonds. The first-order valence-corrected chi connectivity index (χ1v) is 8.79. The van der Waals surface area contributed by atoms with Crippen molar-refractivity contribution in [3.05, 3.63) is 18.2 Å². The van der Waals surface area contributed by atoms with Crippen molar-refractivity contribution in [1.29, 1.82) is 0 Å². The summed E-state index contributed by atoms with van der Waals surface area (Å²) in [5, 5.41) is 6.30. The zero-order valence-electron chi connectivity index (χ0n) is 15.3. The van der Waals surface area contributed by atoms with Gasteiger partial charge in [0.1, 0.15) is 11.4 Å². The monoisotopic (exact) mass is 334 g/mol. The van der Waals surface area contributed by atoms with E-state index in [-0.39, 0.29) is 0 Å². The summed E-state index contributed by atoms with van der Waals surface area (Å²) in [6, 6.07) is 5.58. The molecule has 0 radical (unpaired) electrons. The Bertz CT molecular complexity index is 546. The van der Waals surface area contributed by atoms with Gasteiger partial charge >= 0.3 is 6.09 Å². The lowest BCUT2D eigenvalue weighted by atomic mass is 9.89. The molecule has 1 aliphatic carbocycles. The third-order valence-corrected chi connectivity index (χ3v) is 4.17. The Hall–Kier alpha value is -1.91. The normalized spacial score (nSPS) is 15.7. The van der Waals surface area contributed by atoms with E-state index in [1.807, 2.05) is 39.0 Å². The Morgan fingerprint density at radius 1 is 1.17 bits per heavy atom. The average molecular weight is 334 g/mol. The number of hydrogen-bond acceptors (Lipinski definition) is 4. The highest BCUT2D eigenvalue weighted by Crippen LogP contribution is 2.30. The zero-order valence-corrected chi connectivity index (χ0v) is 15.3. The number of nitrogens with one attached hydrogen (secondary N) is 2. The van der Waals surface area contributed by atoms with Crippen LogP contribution >= 0.6 is 0 Å². The molecule has 0 bridgehead atoms. The summed E-state index contributed by atoms with van der Waals surface area (Å²) >= 11 is 0. The van der Waals surface area contributed by atoms with Gasteiger partial charge in [-0.25, -0.2) is 4.79 Å². The van der Waals surface area contributed by atoms with Crippen LogP contribution in [0.2, 0.25) is 0 Å². The van der Waals surface area contributed by atoms with Gasteiger partial charge in [0, 0.05) is 12.6 Å². The van der Waals surface area contributed by atoms with E-state index in [9.17, 15) is 4.79 Å². The molecule has 5 nitrogen and oxygen atoms in total. The van der Waals surface area contributed by atoms with Crippen LogP contribution in [0.15, 0.2) is 18.2 Å². The third-order valence-electron chi connectivity index (χ3n) is 4.17. The molecule has 24 heavy (non-hydrogen) atoms. The molecule has 0 saturated heterocycles. The fourth-order valence-electron chi connectivity index (χ4n) is 2.96. The van der Waals surface area contributed by atoms with Gasteiger partial charge in [-0.1, -0.05) is 19.3 Å². The van der Waals surface area contributed by atoms with E-state index in [1.165, 1.54) is 32.1 Å². The molecule has 0 aliphatic heterocycles. The summed E-state index contributed by atoms with van der Waals surface area (Å²) in [5.41, 5.74) is 1.05. The van der Waals surface area contributed by atoms with Gasteiger partial charge in [-0.05, 0) is 51.7 Å². The maximum absolute atomic E-state index is 12.0. The van der Waals surface area contributed by atoms with E-state index >= 15 is 0 Å². The van der Waals surface area contributed by atoms with Crippen molar-refractivity contribution in [2.45, 2.75) is 58.5 Å². The number of rotatable bonds is 5. The van der Waals surface area contributed by atoms with Gasteiger partial charge in [-0.2, -0.15) is 0 Å². The Labute approximate surface area is 145 Å². The fraction of sp³-hybridized carbons (Fsp3) is 0.632. The number of amides is 1. The molecular weight excluding hydrogens is 304 g/mol. The highest BCUT2D eigenvalue weighted by molar-refractivity contribution is 5.90. The van der Waals surface area contributed by atoms with Crippen molar-refractivity contribution in [2.24, 2.45) is 5.92 Å². The van der Waals surface area contributed by atoms with Crippen LogP contribution in [0.3, 0.4) is 0 Å². The van der Waals surface area contributed by atoms with Crippen molar-refractivity contribution in [3.63, 3.8) is 0 Å². The van der Waals surface area contributed by atoms with Gasteiger partial charge in [0.25, 0.3) is 0 Å². The van der Waals surface area contributed by atoms with Crippen LogP contribution in [0.25, 0.3) is 0 Å². The Kier molecular flexibility index (Phi) is 6.35. The topological polar surface area (TPSA) is 59.6 Å². The molecule has 2 rings (SSSR count). The maximum Gasteiger partial charge on any atom is 0.412 e. The lowest BCUT2D eigenvalue weighted by Crippen LogP contribution is -2.27. The zero-order chi connectivity index (χ0) is 17.6. The summed E-state index contributed by atoms with van der Waals surface area (Å²) < 4.78 is 10.6. The predicted octanol–water partition coefficient (Wildman–Crippen LogP) is 5.03. The van der Waals surface area contributed by atoms with Crippen molar-refractivity contribution in [1.82, 2.24) is 0 Å². The molecule has 134 valence electrons. The quantitative estimate of drug-likeness (QED) is 0.792. The minimum atomic E-state index is -0.522. The Balaban J connectivity index is 2.04. The smallest absolute Gasteiger partial charge is 0.412 e. The second-order valence-electron chi connectivity index (χ2n) is 7.42. The van der Waals surface area contributed by atoms with Gasteiger partial charge in [0.15, 0.2) is 0 Å². The molecule has 0 aromatic heterocycles. The molecule has 2 N–H and O–H groups in total. The number of carbonyl (C=O) groups excluding carboxylic acids is 1. The summed E-state index contributed by atoms with van der Waals surface area (Å²) in [6.45, 7) is 6.46. The van der Waals surface area contributed by atoms with Gasteiger partial charge in [0.05, 0.1) is 18.5 Å². The highest BCUT2D eigenvalue weighted by Gasteiger charge is 2.18. The molecule has 1 aromatic rings. The predicted molar refractivity (Wildman–Crippen MR) is 97.9 cm³/mol. The number of methoxy groups -OCH3 is 1. The maximum atomic E-state index is 12.0. The van der Waals surface area contributed by atoms with Crippen LogP contribution < -0.4 is 15.4 Å². The number of anilines is 2. The number of hydrogen-bond donors (Lipinski definition) is 2. The summed E-state index contributed by atoms with van der Waals surface area (Å²) in [7, 11) is 1.64. The molecule has 0 unspecified atom stereocenters. The summed E-state index contributed by atoms with van der Waals surface area (Å²) in [6.07, 6.45) is 6.06. The van der Waals surface area contributed by atoms with Gasteiger partial charge < -0.3 is 14.8 Å². The number of carbonyl (C=O) groups is 1. The van der Waals surface area contributed by atoms with E-state index in [4.69, 9.17) is 9.47 Å². The van der Waals surface area contributed by atoms with E-state index in [0.717, 1.165) is 18.0 Å². The molecule has 0 spiro atoms. The minimum Gasteiger partial charge on any atom is -0.497 e. The molecule has 1 saturated carbocycles. The van der Waals surface area contributed by atoms with Gasteiger partial charge in [0.2, 0.25) is 0 Å². The Morgan fingerprint density at radius 2 is 1.88 bits per heavy atom. The van der Waals surface area contributed by atoms with Crippen molar-refractivity contribution in [3.8, 4) is 5.75 Å². The van der Waals surface area contributed by atoms with E-state index < -0.39 is 11.7 Å². The highest BCUT2D eigenvalue weighted by atomic mass is 16.6. The molecule has 1 aromatic carbocycles. The lowest BCUT2D eigenvalue weighted by molar-refractivity contribution is 0.0636. The molecule has 0 atom stereocenters. The second kappa shape index (κ2) is 8.27. The van der Waals surface area contributed by atoms with Crippen LogP contribution in [-0.2, 0) is 4.74 Å². The van der Waals surface area contributed by atoms with Crippen LogP contribution in [0.5, 0.6) is 5.75 Å². The van der Waals surface area contributed by atoms with Crippen molar-refractivity contribution in [2.75, 3.05) is 24.3 Å². The van der Waals surface area contributed by atoms with Crippen LogP contribution in [0.1, 0.15) is 52.9 Å². The standard InChI is InChI=1S/C19H30N2O3/c1-19(2,3)24-18(22)21-16-11-10-15(23-4)12-17(16)20-13-14-8-6-5-7-9-14/h10-12,14,20H,5-9,13H2,1-4H3,(H,21,22). The fourth-order valence-corrected chi connectivity index (χ4v) is 2.96. The first kappa shape index (κ1) is 18.4. The third kappa shape index (κ3) is 5.95. The lowest BCUT2D eigenvalue weighted by Gasteiger charge is -2.24. The SMILES string of the molecule is COc1ccc(NC(=O)OC(C)(C)C)c(NCC2CCCCC2)c1. The first-order chi connectivity index (χ1) is 11.4. The Morgan fingerprint density at radius 3 is 2.50 bits per heavy atom. The number of benzene rings is 1. The first-order valence-electron chi connectivity index (χ1n) is 8.79. The summed E-state index contributed by atoms with van der Waals surface area (Å²) in [5.74, 6) is 1.45. The van der Waals surface area contributed by atoms with E-state index in [1.54, 1.807) is 7.11 Å². The van der Waals surface area contributed by atoms with Crippen LogP contribution in [0, 0.1) is 5.92 Å². The van der Waals surface area contributed by atoms with Gasteiger partial charge in [-0.3, -0.25) is 5.32 Å². The number of ether oxygens (including phenoxy) is 2. The van der Waals surface area contributed by atoms with Crippen LogP contribution in [-0.4, -0.2) is 25.3 Å². The molecular formula is C19H30N2O3. The molecule has 1 fully saturated rings. The molecule has 0 heterocycles. The van der Waals surface area contributed by atoms with Crippen molar-refractivity contribution >= 4 is 17.5 Å². The minimum absolute atomic E-state index is 0.451. The molecule has 1 aliphatic rings.